The van der Waals surface area contributed by atoms with E-state index >= 15 is 0 Å². The average Bonchev–Trinajstić information content (AvgIpc) is 2.85. The molecule has 0 bridgehead atoms. The minimum Gasteiger partial charge on any atom is -0.397 e. The predicted octanol–water partition coefficient (Wildman–Crippen LogP) is 0.944. The van der Waals surface area contributed by atoms with Crippen LogP contribution in [0.3, 0.4) is 0 Å². The quantitative estimate of drug-likeness (QED) is 0.806. The van der Waals surface area contributed by atoms with Crippen LogP contribution in [0.5, 0.6) is 0 Å². The van der Waals surface area contributed by atoms with Gasteiger partial charge in [0.2, 0.25) is 0 Å². The fourth-order valence-corrected chi connectivity index (χ4v) is 1.62. The maximum atomic E-state index is 11.8. The van der Waals surface area contributed by atoms with Gasteiger partial charge in [-0.1, -0.05) is 11.6 Å². The summed E-state index contributed by atoms with van der Waals surface area (Å²) in [6.45, 7) is 1.04. The molecule has 0 aromatic carbocycles. The van der Waals surface area contributed by atoms with Gasteiger partial charge in [0, 0.05) is 18.9 Å². The summed E-state index contributed by atoms with van der Waals surface area (Å²) in [4.78, 5) is 15.6. The van der Waals surface area contributed by atoms with Crippen molar-refractivity contribution in [3.63, 3.8) is 0 Å². The molecule has 0 aliphatic rings. The van der Waals surface area contributed by atoms with E-state index in [1.54, 1.807) is 10.9 Å². The van der Waals surface area contributed by atoms with Crippen molar-refractivity contribution in [2.75, 3.05) is 12.3 Å². The van der Waals surface area contributed by atoms with Gasteiger partial charge in [-0.05, 0) is 12.1 Å². The fourth-order valence-electron chi connectivity index (χ4n) is 1.44. The van der Waals surface area contributed by atoms with Gasteiger partial charge < -0.3 is 11.1 Å². The second kappa shape index (κ2) is 5.50. The Morgan fingerprint density at radius 2 is 2.39 bits per heavy atom. The number of carbonyl (C=O) groups is 1. The Labute approximate surface area is 109 Å². The lowest BCUT2D eigenvalue weighted by molar-refractivity contribution is 0.0952. The highest BCUT2D eigenvalue weighted by molar-refractivity contribution is 6.32. The van der Waals surface area contributed by atoms with E-state index in [0.29, 0.717) is 18.8 Å². The van der Waals surface area contributed by atoms with E-state index in [-0.39, 0.29) is 16.6 Å². The molecule has 2 aromatic heterocycles. The van der Waals surface area contributed by atoms with Gasteiger partial charge in [-0.2, -0.15) is 5.10 Å². The van der Waals surface area contributed by atoms with Crippen LogP contribution in [0.1, 0.15) is 10.4 Å². The molecule has 0 saturated carbocycles. The van der Waals surface area contributed by atoms with E-state index in [2.05, 4.69) is 15.4 Å². The van der Waals surface area contributed by atoms with Crippen molar-refractivity contribution in [1.29, 1.82) is 0 Å². The summed E-state index contributed by atoms with van der Waals surface area (Å²) in [5.41, 5.74) is 6.23. The minimum atomic E-state index is -0.299. The minimum absolute atomic E-state index is 0.140. The number of halogens is 1. The lowest BCUT2D eigenvalue weighted by Crippen LogP contribution is -2.27. The molecule has 0 spiro atoms. The first-order chi connectivity index (χ1) is 8.66. The second-order valence-electron chi connectivity index (χ2n) is 3.63. The predicted molar refractivity (Wildman–Crippen MR) is 68.2 cm³/mol. The van der Waals surface area contributed by atoms with Crippen molar-refractivity contribution in [2.45, 2.75) is 6.54 Å². The van der Waals surface area contributed by atoms with Gasteiger partial charge in [-0.25, -0.2) is 4.98 Å². The van der Waals surface area contributed by atoms with Gasteiger partial charge in [0.05, 0.1) is 24.0 Å². The molecule has 0 atom stereocenters. The molecule has 18 heavy (non-hydrogen) atoms. The summed E-state index contributed by atoms with van der Waals surface area (Å²) in [6.07, 6.45) is 4.91. The van der Waals surface area contributed by atoms with E-state index in [1.807, 2.05) is 12.3 Å². The number of carbonyl (C=O) groups excluding carboxylic acids is 1. The Morgan fingerprint density at radius 1 is 1.56 bits per heavy atom. The Hall–Kier alpha value is -2.08. The molecule has 7 heteroatoms. The normalized spacial score (nSPS) is 10.3. The number of hydrogen-bond acceptors (Lipinski definition) is 4. The average molecular weight is 266 g/mol. The molecule has 94 valence electrons. The van der Waals surface area contributed by atoms with E-state index < -0.39 is 0 Å². The van der Waals surface area contributed by atoms with E-state index in [1.165, 1.54) is 12.3 Å². The number of hydrogen-bond donors (Lipinski definition) is 2. The second-order valence-corrected chi connectivity index (χ2v) is 3.99. The van der Waals surface area contributed by atoms with Gasteiger partial charge in [0.1, 0.15) is 5.15 Å². The molecule has 0 fully saturated rings. The summed E-state index contributed by atoms with van der Waals surface area (Å²) in [7, 11) is 0. The third-order valence-electron chi connectivity index (χ3n) is 2.29. The summed E-state index contributed by atoms with van der Waals surface area (Å²) in [6, 6.07) is 3.32. The SMILES string of the molecule is Nc1cnc(Cl)c(C(=O)NCCn2cccn2)c1. The zero-order chi connectivity index (χ0) is 13.0. The third-order valence-corrected chi connectivity index (χ3v) is 2.59. The summed E-state index contributed by atoms with van der Waals surface area (Å²) in [5.74, 6) is -0.299. The highest BCUT2D eigenvalue weighted by atomic mass is 35.5. The maximum absolute atomic E-state index is 11.8. The third kappa shape index (κ3) is 2.98. The van der Waals surface area contributed by atoms with E-state index in [0.717, 1.165) is 0 Å². The van der Waals surface area contributed by atoms with Crippen molar-refractivity contribution in [3.8, 4) is 0 Å². The van der Waals surface area contributed by atoms with Crippen LogP contribution in [0.4, 0.5) is 5.69 Å². The number of nitrogens with one attached hydrogen (secondary N) is 1. The highest BCUT2D eigenvalue weighted by Crippen LogP contribution is 2.15. The number of aromatic nitrogens is 3. The van der Waals surface area contributed by atoms with Crippen LogP contribution in [-0.4, -0.2) is 27.2 Å². The molecule has 0 aliphatic carbocycles. The number of amides is 1. The number of nitrogens with zero attached hydrogens (tertiary/aromatic N) is 3. The number of pyridine rings is 1. The van der Waals surface area contributed by atoms with Crippen molar-refractivity contribution in [1.82, 2.24) is 20.1 Å². The zero-order valence-corrected chi connectivity index (χ0v) is 10.3. The smallest absolute Gasteiger partial charge is 0.254 e. The van der Waals surface area contributed by atoms with Crippen LogP contribution < -0.4 is 11.1 Å². The van der Waals surface area contributed by atoms with Crippen molar-refractivity contribution < 1.29 is 4.79 Å². The molecule has 2 aromatic rings. The van der Waals surface area contributed by atoms with Gasteiger partial charge in [-0.15, -0.1) is 0 Å². The Morgan fingerprint density at radius 3 is 3.11 bits per heavy atom. The molecular weight excluding hydrogens is 254 g/mol. The fraction of sp³-hybridized carbons (Fsp3) is 0.182. The number of nitrogens with two attached hydrogens (primary N) is 1. The summed E-state index contributed by atoms with van der Waals surface area (Å²) < 4.78 is 1.72. The van der Waals surface area contributed by atoms with E-state index in [4.69, 9.17) is 17.3 Å². The Bertz CT molecular complexity index is 540. The Kier molecular flexibility index (Phi) is 3.78. The van der Waals surface area contributed by atoms with Crippen LogP contribution in [0.2, 0.25) is 5.15 Å². The van der Waals surface area contributed by atoms with Crippen LogP contribution in [0.25, 0.3) is 0 Å². The van der Waals surface area contributed by atoms with Crippen molar-refractivity contribution in [2.24, 2.45) is 0 Å². The maximum Gasteiger partial charge on any atom is 0.254 e. The molecule has 6 nitrogen and oxygen atoms in total. The number of nitrogen functional groups attached to an aromatic ring is 1. The van der Waals surface area contributed by atoms with Crippen LogP contribution in [0.15, 0.2) is 30.7 Å². The first kappa shape index (κ1) is 12.4. The van der Waals surface area contributed by atoms with Gasteiger partial charge in [-0.3, -0.25) is 9.48 Å². The van der Waals surface area contributed by atoms with E-state index in [9.17, 15) is 4.79 Å². The van der Waals surface area contributed by atoms with Crippen LogP contribution in [-0.2, 0) is 6.54 Å². The molecular formula is C11H12ClN5O. The first-order valence-electron chi connectivity index (χ1n) is 5.33. The van der Waals surface area contributed by atoms with Crippen molar-refractivity contribution >= 4 is 23.2 Å². The molecule has 1 amide bonds. The number of anilines is 1. The lowest BCUT2D eigenvalue weighted by atomic mass is 10.2. The topological polar surface area (TPSA) is 85.8 Å². The molecule has 0 aliphatic heterocycles. The molecule has 0 saturated heterocycles. The van der Waals surface area contributed by atoms with Gasteiger partial charge in [0.15, 0.2) is 0 Å². The molecule has 0 unspecified atom stereocenters. The first-order valence-corrected chi connectivity index (χ1v) is 5.71. The summed E-state index contributed by atoms with van der Waals surface area (Å²) in [5, 5.41) is 6.89. The highest BCUT2D eigenvalue weighted by Gasteiger charge is 2.11. The molecule has 3 N–H and O–H groups in total. The largest absolute Gasteiger partial charge is 0.397 e. The van der Waals surface area contributed by atoms with Crippen LogP contribution >= 0.6 is 11.6 Å². The van der Waals surface area contributed by atoms with Crippen LogP contribution in [0, 0.1) is 0 Å². The van der Waals surface area contributed by atoms with Gasteiger partial charge in [0.25, 0.3) is 5.91 Å². The lowest BCUT2D eigenvalue weighted by Gasteiger charge is -2.07. The summed E-state index contributed by atoms with van der Waals surface area (Å²) >= 11 is 5.82. The molecule has 2 heterocycles. The standard InChI is InChI=1S/C11H12ClN5O/c12-10-9(6-8(13)7-15-10)11(18)14-3-5-17-4-1-2-16-17/h1-2,4,6-7H,3,5,13H2,(H,14,18). The Balaban J connectivity index is 1.93. The van der Waals surface area contributed by atoms with Gasteiger partial charge >= 0.3 is 0 Å². The number of rotatable bonds is 4. The molecule has 0 radical (unpaired) electrons. The van der Waals surface area contributed by atoms with Crippen molar-refractivity contribution in [3.05, 3.63) is 41.4 Å². The monoisotopic (exact) mass is 265 g/mol. The molecule has 2 rings (SSSR count). The zero-order valence-electron chi connectivity index (χ0n) is 9.51.